The number of anilines is 2. The zero-order valence-corrected chi connectivity index (χ0v) is 18.3. The number of hydrogen-bond acceptors (Lipinski definition) is 6. The number of alkyl halides is 2. The molecule has 0 spiro atoms. The van der Waals surface area contributed by atoms with Gasteiger partial charge >= 0.3 is 0 Å². The number of hydrogen-bond donors (Lipinski definition) is 1. The summed E-state index contributed by atoms with van der Waals surface area (Å²) in [4.78, 5) is 6.83. The van der Waals surface area contributed by atoms with Crippen molar-refractivity contribution in [3.05, 3.63) is 53.1 Å². The van der Waals surface area contributed by atoms with Gasteiger partial charge in [-0.25, -0.2) is 13.2 Å². The second kappa shape index (κ2) is 9.28. The molecule has 3 heterocycles. The summed E-state index contributed by atoms with van der Waals surface area (Å²) in [6, 6.07) is 5.40. The molecule has 4 rings (SSSR count). The van der Waals surface area contributed by atoms with Gasteiger partial charge in [0.05, 0.1) is 40.8 Å². The van der Waals surface area contributed by atoms with Crippen molar-refractivity contribution >= 4 is 22.4 Å². The van der Waals surface area contributed by atoms with E-state index in [9.17, 15) is 13.2 Å². The number of rotatable bonds is 6. The number of halogens is 3. The predicted octanol–water partition coefficient (Wildman–Crippen LogP) is 5.20. The minimum absolute atomic E-state index is 0.140. The van der Waals surface area contributed by atoms with Crippen molar-refractivity contribution in [2.45, 2.75) is 45.3 Å². The van der Waals surface area contributed by atoms with Gasteiger partial charge in [0.15, 0.2) is 5.82 Å². The molecule has 0 amide bonds. The number of pyridine rings is 1. The Morgan fingerprint density at radius 1 is 1.22 bits per heavy atom. The van der Waals surface area contributed by atoms with Gasteiger partial charge in [0.25, 0.3) is 6.43 Å². The molecular weight excluding hydrogens is 419 g/mol. The van der Waals surface area contributed by atoms with Gasteiger partial charge in [-0.05, 0) is 32.8 Å². The lowest BCUT2D eigenvalue weighted by Crippen LogP contribution is -2.39. The Labute approximate surface area is 184 Å². The lowest BCUT2D eigenvalue weighted by Gasteiger charge is -2.33. The molecule has 1 aliphatic rings. The average Bonchev–Trinajstić information content (AvgIpc) is 2.80. The zero-order chi connectivity index (χ0) is 22.8. The molecular formula is C23H26F3N5O. The highest BCUT2D eigenvalue weighted by atomic mass is 19.3. The highest BCUT2D eigenvalue weighted by Gasteiger charge is 2.23. The molecule has 0 saturated carbocycles. The molecule has 1 aliphatic heterocycles. The van der Waals surface area contributed by atoms with Crippen LogP contribution in [-0.4, -0.2) is 41.5 Å². The topological polar surface area (TPSA) is 63.2 Å². The summed E-state index contributed by atoms with van der Waals surface area (Å²) in [5, 5.41) is 12.3. The zero-order valence-electron chi connectivity index (χ0n) is 18.3. The van der Waals surface area contributed by atoms with Gasteiger partial charge in [0.2, 0.25) is 0 Å². The summed E-state index contributed by atoms with van der Waals surface area (Å²) in [7, 11) is 1.72. The lowest BCUT2D eigenvalue weighted by molar-refractivity contribution is 0.0893. The van der Waals surface area contributed by atoms with Gasteiger partial charge in [-0.2, -0.15) is 5.10 Å². The monoisotopic (exact) mass is 445 g/mol. The van der Waals surface area contributed by atoms with Crippen LogP contribution in [0.15, 0.2) is 30.5 Å². The van der Waals surface area contributed by atoms with Crippen molar-refractivity contribution in [1.29, 1.82) is 0 Å². The third-order valence-electron chi connectivity index (χ3n) is 5.96. The number of aryl methyl sites for hydroxylation is 1. The Morgan fingerprint density at radius 3 is 2.75 bits per heavy atom. The summed E-state index contributed by atoms with van der Waals surface area (Å²) in [5.41, 5.74) is 1.82. The Hall–Kier alpha value is -2.94. The molecule has 1 aromatic carbocycles. The average molecular weight is 445 g/mol. The molecule has 9 heteroatoms. The highest BCUT2D eigenvalue weighted by Crippen LogP contribution is 2.32. The molecule has 0 aliphatic carbocycles. The number of nitrogens with one attached hydrogen (secondary N) is 1. The molecule has 170 valence electrons. The summed E-state index contributed by atoms with van der Waals surface area (Å²) < 4.78 is 46.4. The van der Waals surface area contributed by atoms with Crippen LogP contribution in [0.2, 0.25) is 0 Å². The van der Waals surface area contributed by atoms with Crippen LogP contribution in [0.5, 0.6) is 0 Å². The summed E-state index contributed by atoms with van der Waals surface area (Å²) in [5.74, 6) is -0.487. The van der Waals surface area contributed by atoms with E-state index in [4.69, 9.17) is 4.74 Å². The van der Waals surface area contributed by atoms with E-state index in [-0.39, 0.29) is 11.7 Å². The maximum atomic E-state index is 14.6. The third kappa shape index (κ3) is 4.34. The van der Waals surface area contributed by atoms with Crippen LogP contribution in [0.3, 0.4) is 0 Å². The van der Waals surface area contributed by atoms with Crippen molar-refractivity contribution in [2.24, 2.45) is 0 Å². The summed E-state index contributed by atoms with van der Waals surface area (Å²) in [6.45, 7) is 5.19. The van der Waals surface area contributed by atoms with E-state index in [2.05, 4.69) is 25.4 Å². The fourth-order valence-corrected chi connectivity index (χ4v) is 4.15. The molecule has 3 aromatic rings. The molecule has 2 aromatic heterocycles. The quantitative estimate of drug-likeness (QED) is 0.563. The van der Waals surface area contributed by atoms with Crippen LogP contribution < -0.4 is 10.2 Å². The molecule has 32 heavy (non-hydrogen) atoms. The number of methoxy groups -OCH3 is 1. The second-order valence-corrected chi connectivity index (χ2v) is 8.09. The van der Waals surface area contributed by atoms with E-state index in [1.54, 1.807) is 14.0 Å². The first-order chi connectivity index (χ1) is 15.4. The van der Waals surface area contributed by atoms with Gasteiger partial charge in [-0.15, -0.1) is 5.10 Å². The van der Waals surface area contributed by atoms with Crippen molar-refractivity contribution in [3.63, 3.8) is 0 Å². The first kappa shape index (κ1) is 22.3. The van der Waals surface area contributed by atoms with Crippen LogP contribution in [0.4, 0.5) is 24.7 Å². The Balaban J connectivity index is 1.68. The molecule has 2 atom stereocenters. The van der Waals surface area contributed by atoms with Crippen molar-refractivity contribution in [2.75, 3.05) is 30.4 Å². The fourth-order valence-electron chi connectivity index (χ4n) is 4.15. The van der Waals surface area contributed by atoms with Crippen LogP contribution >= 0.6 is 0 Å². The number of fused-ring (bicyclic) bond motifs is 1. The number of piperidine rings is 1. The Morgan fingerprint density at radius 2 is 2.00 bits per heavy atom. The highest BCUT2D eigenvalue weighted by molar-refractivity contribution is 5.92. The number of nitrogens with zero attached hydrogens (tertiary/aromatic N) is 4. The van der Waals surface area contributed by atoms with Crippen LogP contribution in [0.1, 0.15) is 49.1 Å². The van der Waals surface area contributed by atoms with Gasteiger partial charge in [0, 0.05) is 31.1 Å². The minimum atomic E-state index is -2.88. The molecule has 1 fully saturated rings. The van der Waals surface area contributed by atoms with Gasteiger partial charge in [-0.1, -0.05) is 18.2 Å². The van der Waals surface area contributed by atoms with E-state index in [0.29, 0.717) is 17.0 Å². The maximum absolute atomic E-state index is 14.6. The van der Waals surface area contributed by atoms with E-state index < -0.39 is 23.8 Å². The third-order valence-corrected chi connectivity index (χ3v) is 5.96. The largest absolute Gasteiger partial charge is 0.380 e. The normalized spacial score (nSPS) is 17.7. The fraction of sp³-hybridized carbons (Fsp3) is 0.435. The predicted molar refractivity (Wildman–Crippen MR) is 118 cm³/mol. The minimum Gasteiger partial charge on any atom is -0.380 e. The second-order valence-electron chi connectivity index (χ2n) is 8.09. The Kier molecular flexibility index (Phi) is 6.45. The maximum Gasteiger partial charge on any atom is 0.266 e. The smallest absolute Gasteiger partial charge is 0.266 e. The van der Waals surface area contributed by atoms with Crippen LogP contribution in [0, 0.1) is 12.7 Å². The first-order valence-corrected chi connectivity index (χ1v) is 10.6. The van der Waals surface area contributed by atoms with Crippen molar-refractivity contribution in [3.8, 4) is 0 Å². The summed E-state index contributed by atoms with van der Waals surface area (Å²) >= 11 is 0. The van der Waals surface area contributed by atoms with E-state index in [1.807, 2.05) is 19.2 Å². The van der Waals surface area contributed by atoms with E-state index in [1.165, 1.54) is 12.1 Å². The van der Waals surface area contributed by atoms with Crippen LogP contribution in [-0.2, 0) is 4.74 Å². The Bertz CT molecular complexity index is 1110. The molecule has 6 nitrogen and oxygen atoms in total. The van der Waals surface area contributed by atoms with Gasteiger partial charge in [0.1, 0.15) is 5.82 Å². The molecule has 1 saturated heterocycles. The number of ether oxygens (including phenoxy) is 1. The molecule has 0 radical (unpaired) electrons. The molecule has 0 bridgehead atoms. The van der Waals surface area contributed by atoms with E-state index in [0.717, 1.165) is 43.1 Å². The van der Waals surface area contributed by atoms with E-state index >= 15 is 0 Å². The number of aromatic nitrogens is 3. The van der Waals surface area contributed by atoms with Crippen LogP contribution in [0.25, 0.3) is 10.9 Å². The SMILES string of the molecule is CO[C@@H]1CCCN(c2cnc3c(C)nnc(NC(C)c4cccc(C(F)F)c4F)c3c2)C1. The summed E-state index contributed by atoms with van der Waals surface area (Å²) in [6.07, 6.45) is 1.14. The molecule has 1 unspecified atom stereocenters. The molecule has 1 N–H and O–H groups in total. The first-order valence-electron chi connectivity index (χ1n) is 10.6. The van der Waals surface area contributed by atoms with Crippen molar-refractivity contribution in [1.82, 2.24) is 15.2 Å². The van der Waals surface area contributed by atoms with Gasteiger partial charge < -0.3 is 15.0 Å². The van der Waals surface area contributed by atoms with Gasteiger partial charge in [-0.3, -0.25) is 4.98 Å². The lowest BCUT2D eigenvalue weighted by atomic mass is 10.0. The van der Waals surface area contributed by atoms with Crippen molar-refractivity contribution < 1.29 is 17.9 Å². The standard InChI is InChI=1S/C23H26F3N5O/c1-13(17-7-4-8-18(20(17)24)22(25)26)28-23-19-10-15(11-27-21(19)14(2)29-30-23)31-9-5-6-16(12-31)32-3/h4,7-8,10-11,13,16,22H,5-6,9,12H2,1-3H3,(H,28,30)/t13?,16-/m1/s1. The number of benzene rings is 1.